The molecule has 0 saturated carbocycles. The van der Waals surface area contributed by atoms with Crippen LogP contribution in [0.25, 0.3) is 0 Å². The largest absolute Gasteiger partial charge is 0.486 e. The van der Waals surface area contributed by atoms with E-state index in [9.17, 15) is 9.59 Å². The van der Waals surface area contributed by atoms with Gasteiger partial charge in [-0.3, -0.25) is 9.59 Å². The van der Waals surface area contributed by atoms with Crippen LogP contribution in [0, 0.1) is 0 Å². The van der Waals surface area contributed by atoms with E-state index < -0.39 is 0 Å². The van der Waals surface area contributed by atoms with E-state index in [4.69, 9.17) is 14.2 Å². The van der Waals surface area contributed by atoms with Gasteiger partial charge in [0.25, 0.3) is 0 Å². The first-order chi connectivity index (χ1) is 11.1. The summed E-state index contributed by atoms with van der Waals surface area (Å²) < 4.78 is 15.9. The number of hydrogen-bond donors (Lipinski definition) is 1. The summed E-state index contributed by atoms with van der Waals surface area (Å²) in [6, 6.07) is 5.33. The molecule has 0 atom stereocenters. The number of ether oxygens (including phenoxy) is 3. The lowest BCUT2D eigenvalue weighted by molar-refractivity contribution is -0.121. The van der Waals surface area contributed by atoms with Crippen molar-refractivity contribution >= 4 is 17.5 Å². The van der Waals surface area contributed by atoms with Crippen molar-refractivity contribution < 1.29 is 23.8 Å². The van der Waals surface area contributed by atoms with E-state index >= 15 is 0 Å². The van der Waals surface area contributed by atoms with Crippen molar-refractivity contribution in [2.45, 2.75) is 13.3 Å². The van der Waals surface area contributed by atoms with Crippen molar-refractivity contribution in [1.29, 1.82) is 0 Å². The molecule has 1 aromatic rings. The molecule has 0 saturated heterocycles. The summed E-state index contributed by atoms with van der Waals surface area (Å²) >= 11 is 0. The second-order valence-corrected chi connectivity index (χ2v) is 5.09. The molecule has 1 heterocycles. The normalized spacial score (nSPS) is 12.6. The highest BCUT2D eigenvalue weighted by atomic mass is 16.6. The zero-order chi connectivity index (χ0) is 16.7. The van der Waals surface area contributed by atoms with Crippen LogP contribution in [0.2, 0.25) is 0 Å². The van der Waals surface area contributed by atoms with Crippen LogP contribution in [-0.4, -0.2) is 51.8 Å². The molecule has 0 fully saturated rings. The summed E-state index contributed by atoms with van der Waals surface area (Å²) in [5.41, 5.74) is 0.687. The molecule has 1 N–H and O–H groups in total. The Hall–Kier alpha value is -2.28. The number of nitrogens with one attached hydrogen (secondary N) is 1. The zero-order valence-corrected chi connectivity index (χ0v) is 13.5. The number of benzene rings is 1. The van der Waals surface area contributed by atoms with Crippen LogP contribution in [0.1, 0.15) is 13.3 Å². The van der Waals surface area contributed by atoms with Crippen molar-refractivity contribution in [2.75, 3.05) is 44.9 Å². The van der Waals surface area contributed by atoms with Crippen LogP contribution in [0.3, 0.4) is 0 Å². The second kappa shape index (κ2) is 8.38. The SMILES string of the molecule is COCCNC(=O)CCN(C(C)=O)c1ccc2c(c1)OCCO2. The number of anilines is 1. The monoisotopic (exact) mass is 322 g/mol. The number of hydrogen-bond acceptors (Lipinski definition) is 5. The van der Waals surface area contributed by atoms with E-state index in [0.29, 0.717) is 50.1 Å². The van der Waals surface area contributed by atoms with E-state index in [-0.39, 0.29) is 18.2 Å². The lowest BCUT2D eigenvalue weighted by Gasteiger charge is -2.24. The average Bonchev–Trinajstić information content (AvgIpc) is 2.55. The Bertz CT molecular complexity index is 561. The number of carbonyl (C=O) groups is 2. The van der Waals surface area contributed by atoms with Crippen LogP contribution in [0.4, 0.5) is 5.69 Å². The highest BCUT2D eigenvalue weighted by Gasteiger charge is 2.18. The molecular formula is C16H22N2O5. The van der Waals surface area contributed by atoms with Gasteiger partial charge >= 0.3 is 0 Å². The number of methoxy groups -OCH3 is 1. The molecule has 126 valence electrons. The summed E-state index contributed by atoms with van der Waals surface area (Å²) in [6.45, 7) is 3.69. The molecule has 0 bridgehead atoms. The van der Waals surface area contributed by atoms with Crippen LogP contribution in [0.15, 0.2) is 18.2 Å². The molecule has 2 rings (SSSR count). The van der Waals surface area contributed by atoms with Crippen molar-refractivity contribution in [2.24, 2.45) is 0 Å². The van der Waals surface area contributed by atoms with Crippen LogP contribution < -0.4 is 19.7 Å². The fraction of sp³-hybridized carbons (Fsp3) is 0.500. The van der Waals surface area contributed by atoms with Crippen LogP contribution in [-0.2, 0) is 14.3 Å². The Morgan fingerprint density at radius 2 is 2.00 bits per heavy atom. The smallest absolute Gasteiger partial charge is 0.223 e. The molecule has 0 aromatic heterocycles. The Morgan fingerprint density at radius 1 is 1.26 bits per heavy atom. The third-order valence-corrected chi connectivity index (χ3v) is 3.41. The van der Waals surface area contributed by atoms with Gasteiger partial charge in [-0.25, -0.2) is 0 Å². The van der Waals surface area contributed by atoms with Gasteiger partial charge < -0.3 is 24.4 Å². The number of carbonyl (C=O) groups excluding carboxylic acids is 2. The summed E-state index contributed by atoms with van der Waals surface area (Å²) in [5, 5.41) is 2.73. The number of nitrogens with zero attached hydrogens (tertiary/aromatic N) is 1. The second-order valence-electron chi connectivity index (χ2n) is 5.09. The molecule has 0 spiro atoms. The maximum Gasteiger partial charge on any atom is 0.223 e. The summed E-state index contributed by atoms with van der Waals surface area (Å²) in [5.74, 6) is 1.03. The number of amides is 2. The lowest BCUT2D eigenvalue weighted by Crippen LogP contribution is -2.34. The third-order valence-electron chi connectivity index (χ3n) is 3.41. The van der Waals surface area contributed by atoms with Crippen molar-refractivity contribution in [3.63, 3.8) is 0 Å². The fourth-order valence-corrected chi connectivity index (χ4v) is 2.26. The number of rotatable bonds is 7. The highest BCUT2D eigenvalue weighted by molar-refractivity contribution is 5.92. The molecule has 1 aromatic carbocycles. The fourth-order valence-electron chi connectivity index (χ4n) is 2.26. The summed E-state index contributed by atoms with van der Waals surface area (Å²) in [7, 11) is 1.57. The predicted molar refractivity (Wildman–Crippen MR) is 85.0 cm³/mol. The van der Waals surface area contributed by atoms with E-state index in [2.05, 4.69) is 5.32 Å². The van der Waals surface area contributed by atoms with Gasteiger partial charge in [0.05, 0.1) is 6.61 Å². The van der Waals surface area contributed by atoms with Crippen molar-refractivity contribution in [3.8, 4) is 11.5 Å². The Labute approximate surface area is 135 Å². The first-order valence-corrected chi connectivity index (χ1v) is 7.55. The first-order valence-electron chi connectivity index (χ1n) is 7.55. The van der Waals surface area contributed by atoms with Gasteiger partial charge in [-0.1, -0.05) is 0 Å². The van der Waals surface area contributed by atoms with Crippen LogP contribution >= 0.6 is 0 Å². The minimum Gasteiger partial charge on any atom is -0.486 e. The van der Waals surface area contributed by atoms with E-state index in [1.165, 1.54) is 6.92 Å². The van der Waals surface area contributed by atoms with Gasteiger partial charge in [-0.05, 0) is 12.1 Å². The molecule has 1 aliphatic rings. The minimum absolute atomic E-state index is 0.120. The van der Waals surface area contributed by atoms with Gasteiger partial charge in [0, 0.05) is 45.3 Å². The number of fused-ring (bicyclic) bond motifs is 1. The molecule has 23 heavy (non-hydrogen) atoms. The molecular weight excluding hydrogens is 300 g/mol. The van der Waals surface area contributed by atoms with Crippen molar-refractivity contribution in [1.82, 2.24) is 5.32 Å². The maximum absolute atomic E-state index is 11.9. The standard InChI is InChI=1S/C16H22N2O5/c1-12(19)18(7-5-16(20)17-6-8-21-2)13-3-4-14-15(11-13)23-10-9-22-14/h3-4,11H,5-10H2,1-2H3,(H,17,20). The van der Waals surface area contributed by atoms with Gasteiger partial charge in [-0.2, -0.15) is 0 Å². The highest BCUT2D eigenvalue weighted by Crippen LogP contribution is 2.34. The van der Waals surface area contributed by atoms with E-state index in [0.717, 1.165) is 0 Å². The predicted octanol–water partition coefficient (Wildman–Crippen LogP) is 0.963. The molecule has 0 unspecified atom stereocenters. The van der Waals surface area contributed by atoms with E-state index in [1.54, 1.807) is 30.2 Å². The van der Waals surface area contributed by atoms with E-state index in [1.807, 2.05) is 0 Å². The Morgan fingerprint density at radius 3 is 2.70 bits per heavy atom. The molecule has 7 heteroatoms. The minimum atomic E-state index is -0.133. The maximum atomic E-state index is 11.9. The van der Waals surface area contributed by atoms with Gasteiger partial charge in [0.1, 0.15) is 13.2 Å². The first kappa shape index (κ1) is 17.1. The molecule has 0 radical (unpaired) electrons. The lowest BCUT2D eigenvalue weighted by atomic mass is 10.2. The van der Waals surface area contributed by atoms with Gasteiger partial charge in [0.2, 0.25) is 11.8 Å². The molecule has 1 aliphatic heterocycles. The summed E-state index contributed by atoms with van der Waals surface area (Å²) in [6.07, 6.45) is 0.220. The Balaban J connectivity index is 1.98. The van der Waals surface area contributed by atoms with Crippen molar-refractivity contribution in [3.05, 3.63) is 18.2 Å². The van der Waals surface area contributed by atoms with Gasteiger partial charge in [0.15, 0.2) is 11.5 Å². The molecule has 7 nitrogen and oxygen atoms in total. The topological polar surface area (TPSA) is 77.1 Å². The average molecular weight is 322 g/mol. The third kappa shape index (κ3) is 4.85. The summed E-state index contributed by atoms with van der Waals surface area (Å²) in [4.78, 5) is 25.2. The zero-order valence-electron chi connectivity index (χ0n) is 13.5. The van der Waals surface area contributed by atoms with Crippen LogP contribution in [0.5, 0.6) is 11.5 Å². The van der Waals surface area contributed by atoms with Gasteiger partial charge in [-0.15, -0.1) is 0 Å². The molecule has 0 aliphatic carbocycles. The molecule has 2 amide bonds. The quantitative estimate of drug-likeness (QED) is 0.757. The Kier molecular flexibility index (Phi) is 6.22.